The number of anilines is 1. The normalized spacial score (nSPS) is 10.9. The molecule has 0 saturated carbocycles. The van der Waals surface area contributed by atoms with Crippen LogP contribution in [0.1, 0.15) is 16.8 Å². The maximum Gasteiger partial charge on any atom is 0.263 e. The number of hydrogen-bond acceptors (Lipinski definition) is 5. The first-order valence-electron chi connectivity index (χ1n) is 6.21. The van der Waals surface area contributed by atoms with Crippen molar-refractivity contribution in [1.82, 2.24) is 15.1 Å². The molecular formula is C14H13FN4O. The third-order valence-electron chi connectivity index (χ3n) is 3.13. The molecular weight excluding hydrogens is 259 g/mol. The third kappa shape index (κ3) is 2.20. The van der Waals surface area contributed by atoms with Crippen molar-refractivity contribution in [1.29, 1.82) is 0 Å². The first-order valence-corrected chi connectivity index (χ1v) is 6.21. The maximum absolute atomic E-state index is 13.2. The van der Waals surface area contributed by atoms with Crippen LogP contribution in [0.2, 0.25) is 0 Å². The zero-order chi connectivity index (χ0) is 14.1. The van der Waals surface area contributed by atoms with E-state index in [1.165, 1.54) is 12.4 Å². The van der Waals surface area contributed by atoms with Gasteiger partial charge in [0.05, 0.1) is 5.69 Å². The first-order chi connectivity index (χ1) is 9.65. The standard InChI is InChI=1S/C14H13FN4O/c1-8-5-10(3-4-11(8)15)6-16-13-12-9(2)19-20-14(12)18-7-17-13/h3-5,7H,6H2,1-2H3,(H,16,17,18). The fourth-order valence-electron chi connectivity index (χ4n) is 2.06. The Morgan fingerprint density at radius 1 is 1.25 bits per heavy atom. The lowest BCUT2D eigenvalue weighted by Crippen LogP contribution is -2.03. The van der Waals surface area contributed by atoms with Crippen LogP contribution in [-0.2, 0) is 6.54 Å². The molecule has 0 radical (unpaired) electrons. The third-order valence-corrected chi connectivity index (χ3v) is 3.13. The monoisotopic (exact) mass is 272 g/mol. The van der Waals surface area contributed by atoms with Crippen LogP contribution in [0, 0.1) is 19.7 Å². The van der Waals surface area contributed by atoms with Gasteiger partial charge in [0.2, 0.25) is 0 Å². The zero-order valence-corrected chi connectivity index (χ0v) is 11.1. The number of hydrogen-bond donors (Lipinski definition) is 1. The summed E-state index contributed by atoms with van der Waals surface area (Å²) in [5.41, 5.74) is 2.79. The summed E-state index contributed by atoms with van der Waals surface area (Å²) in [5.74, 6) is 0.462. The van der Waals surface area contributed by atoms with Crippen LogP contribution in [0.15, 0.2) is 29.0 Å². The second-order valence-electron chi connectivity index (χ2n) is 4.61. The molecule has 0 bridgehead atoms. The number of halogens is 1. The lowest BCUT2D eigenvalue weighted by Gasteiger charge is -2.07. The molecule has 1 N–H and O–H groups in total. The molecule has 0 spiro atoms. The second-order valence-corrected chi connectivity index (χ2v) is 4.61. The lowest BCUT2D eigenvalue weighted by molar-refractivity contribution is 0.442. The summed E-state index contributed by atoms with van der Waals surface area (Å²) in [7, 11) is 0. The molecule has 3 rings (SSSR count). The van der Waals surface area contributed by atoms with Gasteiger partial charge in [0.1, 0.15) is 23.3 Å². The Labute approximate surface area is 114 Å². The Hall–Kier alpha value is -2.50. The van der Waals surface area contributed by atoms with Crippen LogP contribution in [-0.4, -0.2) is 15.1 Å². The molecule has 0 fully saturated rings. The predicted molar refractivity (Wildman–Crippen MR) is 72.8 cm³/mol. The molecule has 0 aliphatic rings. The highest BCUT2D eigenvalue weighted by molar-refractivity contribution is 5.87. The molecule has 6 heteroatoms. The van der Waals surface area contributed by atoms with E-state index in [1.54, 1.807) is 19.1 Å². The number of nitrogens with one attached hydrogen (secondary N) is 1. The van der Waals surface area contributed by atoms with E-state index >= 15 is 0 Å². The van der Waals surface area contributed by atoms with Crippen LogP contribution in [0.4, 0.5) is 10.2 Å². The number of rotatable bonds is 3. The second kappa shape index (κ2) is 4.88. The Morgan fingerprint density at radius 3 is 2.90 bits per heavy atom. The van der Waals surface area contributed by atoms with Gasteiger partial charge in [-0.05, 0) is 31.0 Å². The number of aryl methyl sites for hydroxylation is 2. The molecule has 3 aromatic rings. The number of fused-ring (bicyclic) bond motifs is 1. The van der Waals surface area contributed by atoms with Crippen molar-refractivity contribution in [3.8, 4) is 0 Å². The molecule has 1 aromatic carbocycles. The largest absolute Gasteiger partial charge is 0.365 e. The summed E-state index contributed by atoms with van der Waals surface area (Å²) in [6.07, 6.45) is 1.42. The van der Waals surface area contributed by atoms with Gasteiger partial charge in [0.15, 0.2) is 0 Å². The van der Waals surface area contributed by atoms with Crippen molar-refractivity contribution < 1.29 is 8.91 Å². The van der Waals surface area contributed by atoms with E-state index in [0.717, 1.165) is 16.6 Å². The number of nitrogens with zero attached hydrogens (tertiary/aromatic N) is 3. The van der Waals surface area contributed by atoms with E-state index in [-0.39, 0.29) is 5.82 Å². The van der Waals surface area contributed by atoms with Crippen LogP contribution >= 0.6 is 0 Å². The molecule has 0 aliphatic heterocycles. The average molecular weight is 272 g/mol. The van der Waals surface area contributed by atoms with Gasteiger partial charge in [-0.15, -0.1) is 0 Å². The van der Waals surface area contributed by atoms with Gasteiger partial charge in [-0.25, -0.2) is 9.37 Å². The van der Waals surface area contributed by atoms with E-state index in [4.69, 9.17) is 4.52 Å². The van der Waals surface area contributed by atoms with Crippen molar-refractivity contribution in [2.24, 2.45) is 0 Å². The van der Waals surface area contributed by atoms with Gasteiger partial charge < -0.3 is 9.84 Å². The van der Waals surface area contributed by atoms with Crippen LogP contribution < -0.4 is 5.32 Å². The van der Waals surface area contributed by atoms with Gasteiger partial charge in [-0.2, -0.15) is 4.98 Å². The Bertz CT molecular complexity index is 769. The molecule has 0 saturated heterocycles. The van der Waals surface area contributed by atoms with Crippen molar-refractivity contribution in [3.63, 3.8) is 0 Å². The molecule has 2 aromatic heterocycles. The van der Waals surface area contributed by atoms with E-state index in [2.05, 4.69) is 20.4 Å². The van der Waals surface area contributed by atoms with Crippen LogP contribution in [0.3, 0.4) is 0 Å². The van der Waals surface area contributed by atoms with Crippen molar-refractivity contribution in [3.05, 3.63) is 47.2 Å². The molecule has 0 unspecified atom stereocenters. The highest BCUT2D eigenvalue weighted by atomic mass is 19.1. The molecule has 5 nitrogen and oxygen atoms in total. The SMILES string of the molecule is Cc1cc(CNc2ncnc3onc(C)c23)ccc1F. The molecule has 20 heavy (non-hydrogen) atoms. The van der Waals surface area contributed by atoms with E-state index < -0.39 is 0 Å². The summed E-state index contributed by atoms with van der Waals surface area (Å²) >= 11 is 0. The minimum atomic E-state index is -0.201. The number of aromatic nitrogens is 3. The van der Waals surface area contributed by atoms with E-state index in [1.807, 2.05) is 6.92 Å². The first kappa shape index (κ1) is 12.5. The van der Waals surface area contributed by atoms with Gasteiger partial charge in [0, 0.05) is 6.54 Å². The van der Waals surface area contributed by atoms with E-state index in [9.17, 15) is 4.39 Å². The van der Waals surface area contributed by atoms with Gasteiger partial charge >= 0.3 is 0 Å². The quantitative estimate of drug-likeness (QED) is 0.794. The zero-order valence-electron chi connectivity index (χ0n) is 11.1. The van der Waals surface area contributed by atoms with Crippen LogP contribution in [0.25, 0.3) is 11.1 Å². The predicted octanol–water partition coefficient (Wildman–Crippen LogP) is 2.99. The summed E-state index contributed by atoms with van der Waals surface area (Å²) in [5, 5.41) is 7.84. The van der Waals surface area contributed by atoms with Crippen LogP contribution in [0.5, 0.6) is 0 Å². The van der Waals surface area contributed by atoms with Gasteiger partial charge in [0.25, 0.3) is 5.71 Å². The molecule has 0 atom stereocenters. The topological polar surface area (TPSA) is 63.8 Å². The van der Waals surface area contributed by atoms with E-state index in [0.29, 0.717) is 23.6 Å². The summed E-state index contributed by atoms with van der Waals surface area (Å²) in [6, 6.07) is 5.02. The summed E-state index contributed by atoms with van der Waals surface area (Å²) < 4.78 is 18.3. The van der Waals surface area contributed by atoms with Crippen molar-refractivity contribution in [2.45, 2.75) is 20.4 Å². The lowest BCUT2D eigenvalue weighted by atomic mass is 10.1. The minimum absolute atomic E-state index is 0.201. The fourth-order valence-corrected chi connectivity index (χ4v) is 2.06. The van der Waals surface area contributed by atoms with Crippen molar-refractivity contribution >= 4 is 16.9 Å². The minimum Gasteiger partial charge on any atom is -0.365 e. The Balaban J connectivity index is 1.86. The molecule has 0 aliphatic carbocycles. The highest BCUT2D eigenvalue weighted by Crippen LogP contribution is 2.22. The Morgan fingerprint density at radius 2 is 2.10 bits per heavy atom. The van der Waals surface area contributed by atoms with Gasteiger partial charge in [-0.1, -0.05) is 17.3 Å². The van der Waals surface area contributed by atoms with Gasteiger partial charge in [-0.3, -0.25) is 0 Å². The smallest absolute Gasteiger partial charge is 0.263 e. The molecule has 2 heterocycles. The number of benzene rings is 1. The average Bonchev–Trinajstić information content (AvgIpc) is 2.83. The maximum atomic E-state index is 13.2. The molecule has 0 amide bonds. The van der Waals surface area contributed by atoms with Crippen molar-refractivity contribution in [2.75, 3.05) is 5.32 Å². The Kier molecular flexibility index (Phi) is 3.06. The summed E-state index contributed by atoms with van der Waals surface area (Å²) in [6.45, 7) is 4.12. The summed E-state index contributed by atoms with van der Waals surface area (Å²) in [4.78, 5) is 8.21. The highest BCUT2D eigenvalue weighted by Gasteiger charge is 2.11. The fraction of sp³-hybridized carbons (Fsp3) is 0.214. The molecule has 102 valence electrons.